The van der Waals surface area contributed by atoms with E-state index >= 15 is 0 Å². The van der Waals surface area contributed by atoms with Crippen LogP contribution in [0.1, 0.15) is 23.3 Å². The van der Waals surface area contributed by atoms with Gasteiger partial charge in [0.25, 0.3) is 5.91 Å². The van der Waals surface area contributed by atoms with Crippen LogP contribution in [0.4, 0.5) is 5.82 Å². The van der Waals surface area contributed by atoms with Gasteiger partial charge in [0.05, 0.1) is 25.1 Å². The van der Waals surface area contributed by atoms with Crippen molar-refractivity contribution in [1.82, 2.24) is 14.9 Å². The van der Waals surface area contributed by atoms with Crippen molar-refractivity contribution in [2.24, 2.45) is 5.92 Å². The summed E-state index contributed by atoms with van der Waals surface area (Å²) < 4.78 is 5.80. The molecule has 108 valence electrons. The molecule has 1 atom stereocenters. The summed E-state index contributed by atoms with van der Waals surface area (Å²) in [5, 5.41) is 0. The van der Waals surface area contributed by atoms with Gasteiger partial charge >= 0.3 is 0 Å². The smallest absolute Gasteiger partial charge is 0.273 e. The average Bonchev–Trinajstić information content (AvgIpc) is 3.31. The largest absolute Gasteiger partial charge is 0.374 e. The molecule has 6 nitrogen and oxygen atoms in total. The minimum Gasteiger partial charge on any atom is -0.374 e. The molecule has 1 aliphatic heterocycles. The number of nitrogens with zero attached hydrogens (tertiary/aromatic N) is 4. The lowest BCUT2D eigenvalue weighted by molar-refractivity contribution is 0.0261. The van der Waals surface area contributed by atoms with E-state index in [9.17, 15) is 4.79 Å². The lowest BCUT2D eigenvalue weighted by Gasteiger charge is -2.33. The average molecular weight is 276 g/mol. The molecule has 0 spiro atoms. The van der Waals surface area contributed by atoms with E-state index in [1.807, 2.05) is 0 Å². The first-order valence-corrected chi connectivity index (χ1v) is 7.05. The summed E-state index contributed by atoms with van der Waals surface area (Å²) in [5.41, 5.74) is 0.391. The minimum atomic E-state index is -0.119. The molecule has 0 aromatic carbocycles. The zero-order chi connectivity index (χ0) is 14.1. The summed E-state index contributed by atoms with van der Waals surface area (Å²) in [5.74, 6) is 1.36. The molecule has 2 aliphatic rings. The first-order chi connectivity index (χ1) is 9.65. The molecule has 1 aromatic heterocycles. The van der Waals surface area contributed by atoms with Crippen molar-refractivity contribution in [3.05, 3.63) is 18.1 Å². The fourth-order valence-corrected chi connectivity index (χ4v) is 2.48. The van der Waals surface area contributed by atoms with Crippen LogP contribution in [0.25, 0.3) is 0 Å². The first kappa shape index (κ1) is 13.3. The van der Waals surface area contributed by atoms with Gasteiger partial charge in [0, 0.05) is 27.2 Å². The fourth-order valence-electron chi connectivity index (χ4n) is 2.48. The summed E-state index contributed by atoms with van der Waals surface area (Å²) in [7, 11) is 3.43. The molecule has 2 fully saturated rings. The number of aromatic nitrogens is 2. The Labute approximate surface area is 118 Å². The van der Waals surface area contributed by atoms with Gasteiger partial charge in [0.1, 0.15) is 11.5 Å². The van der Waals surface area contributed by atoms with E-state index in [2.05, 4.69) is 14.9 Å². The quantitative estimate of drug-likeness (QED) is 0.817. The molecule has 0 radical (unpaired) electrons. The molecule has 20 heavy (non-hydrogen) atoms. The Morgan fingerprint density at radius 3 is 2.90 bits per heavy atom. The van der Waals surface area contributed by atoms with Crippen molar-refractivity contribution in [2.45, 2.75) is 18.9 Å². The third kappa shape index (κ3) is 2.75. The number of rotatable bonds is 3. The van der Waals surface area contributed by atoms with Crippen molar-refractivity contribution in [2.75, 3.05) is 38.7 Å². The molecule has 2 heterocycles. The molecule has 0 N–H and O–H groups in total. The van der Waals surface area contributed by atoms with E-state index in [-0.39, 0.29) is 5.91 Å². The highest BCUT2D eigenvalue weighted by molar-refractivity contribution is 5.91. The lowest BCUT2D eigenvalue weighted by Crippen LogP contribution is -2.44. The van der Waals surface area contributed by atoms with Crippen LogP contribution in [0, 0.1) is 5.92 Å². The number of morpholine rings is 1. The van der Waals surface area contributed by atoms with E-state index in [4.69, 9.17) is 4.74 Å². The van der Waals surface area contributed by atoms with Crippen LogP contribution in [0.2, 0.25) is 0 Å². The Morgan fingerprint density at radius 2 is 2.20 bits per heavy atom. The van der Waals surface area contributed by atoms with Crippen LogP contribution in [-0.2, 0) is 4.74 Å². The second-order valence-corrected chi connectivity index (χ2v) is 5.65. The summed E-state index contributed by atoms with van der Waals surface area (Å²) in [6.07, 6.45) is 6.08. The van der Waals surface area contributed by atoms with Gasteiger partial charge in [0.15, 0.2) is 0 Å². The maximum absolute atomic E-state index is 11.9. The van der Waals surface area contributed by atoms with Crippen LogP contribution < -0.4 is 4.90 Å². The zero-order valence-electron chi connectivity index (χ0n) is 12.0. The number of ether oxygens (including phenoxy) is 1. The Bertz CT molecular complexity index is 502. The highest BCUT2D eigenvalue weighted by Crippen LogP contribution is 2.36. The van der Waals surface area contributed by atoms with Gasteiger partial charge in [0.2, 0.25) is 0 Å². The molecular formula is C14H20N4O2. The minimum absolute atomic E-state index is 0.119. The normalized spacial score (nSPS) is 22.7. The third-order valence-electron chi connectivity index (χ3n) is 3.81. The second kappa shape index (κ2) is 5.36. The van der Waals surface area contributed by atoms with Gasteiger partial charge in [-0.25, -0.2) is 4.98 Å². The van der Waals surface area contributed by atoms with E-state index in [1.165, 1.54) is 23.9 Å². The maximum Gasteiger partial charge on any atom is 0.273 e. The molecule has 1 aromatic rings. The predicted molar refractivity (Wildman–Crippen MR) is 74.7 cm³/mol. The standard InChI is InChI=1S/C14H20N4O2/c1-17(2)14(19)11-7-15-8-13(16-11)18-5-6-20-12(9-18)10-3-4-10/h7-8,10,12H,3-6,9H2,1-2H3. The van der Waals surface area contributed by atoms with Crippen molar-refractivity contribution < 1.29 is 9.53 Å². The van der Waals surface area contributed by atoms with Crippen molar-refractivity contribution >= 4 is 11.7 Å². The molecule has 0 bridgehead atoms. The third-order valence-corrected chi connectivity index (χ3v) is 3.81. The Balaban J connectivity index is 1.75. The topological polar surface area (TPSA) is 58.6 Å². The molecule has 3 rings (SSSR count). The fraction of sp³-hybridized carbons (Fsp3) is 0.643. The number of carbonyl (C=O) groups excluding carboxylic acids is 1. The van der Waals surface area contributed by atoms with Gasteiger partial charge in [-0.3, -0.25) is 9.78 Å². The lowest BCUT2D eigenvalue weighted by atomic mass is 10.2. The summed E-state index contributed by atoms with van der Waals surface area (Å²) >= 11 is 0. The number of hydrogen-bond donors (Lipinski definition) is 0. The molecule has 1 saturated heterocycles. The van der Waals surface area contributed by atoms with Gasteiger partial charge in [-0.2, -0.15) is 0 Å². The van der Waals surface area contributed by atoms with Crippen LogP contribution in [0.15, 0.2) is 12.4 Å². The van der Waals surface area contributed by atoms with Crippen molar-refractivity contribution in [3.8, 4) is 0 Å². The Hall–Kier alpha value is -1.69. The summed E-state index contributed by atoms with van der Waals surface area (Å²) in [6, 6.07) is 0. The molecule has 1 saturated carbocycles. The number of anilines is 1. The van der Waals surface area contributed by atoms with Crippen molar-refractivity contribution in [1.29, 1.82) is 0 Å². The molecule has 6 heteroatoms. The number of carbonyl (C=O) groups is 1. The Morgan fingerprint density at radius 1 is 1.40 bits per heavy atom. The van der Waals surface area contributed by atoms with E-state index < -0.39 is 0 Å². The SMILES string of the molecule is CN(C)C(=O)c1cncc(N2CCOC(C3CC3)C2)n1. The monoisotopic (exact) mass is 276 g/mol. The summed E-state index contributed by atoms with van der Waals surface area (Å²) in [6.45, 7) is 2.37. The van der Waals surface area contributed by atoms with Crippen molar-refractivity contribution in [3.63, 3.8) is 0 Å². The van der Waals surface area contributed by atoms with Crippen LogP contribution in [0.5, 0.6) is 0 Å². The van der Waals surface area contributed by atoms with Crippen LogP contribution >= 0.6 is 0 Å². The van der Waals surface area contributed by atoms with Gasteiger partial charge in [-0.1, -0.05) is 0 Å². The second-order valence-electron chi connectivity index (χ2n) is 5.65. The zero-order valence-corrected chi connectivity index (χ0v) is 12.0. The highest BCUT2D eigenvalue weighted by Gasteiger charge is 2.35. The van der Waals surface area contributed by atoms with Crippen LogP contribution in [0.3, 0.4) is 0 Å². The van der Waals surface area contributed by atoms with E-state index in [0.29, 0.717) is 24.3 Å². The highest BCUT2D eigenvalue weighted by atomic mass is 16.5. The van der Waals surface area contributed by atoms with Gasteiger partial charge in [-0.05, 0) is 18.8 Å². The molecular weight excluding hydrogens is 256 g/mol. The summed E-state index contributed by atoms with van der Waals surface area (Å²) in [4.78, 5) is 24.2. The Kier molecular flexibility index (Phi) is 3.56. The van der Waals surface area contributed by atoms with Crippen LogP contribution in [-0.4, -0.2) is 60.7 Å². The van der Waals surface area contributed by atoms with E-state index in [0.717, 1.165) is 18.9 Å². The molecule has 1 unspecified atom stereocenters. The molecule has 1 aliphatic carbocycles. The number of amides is 1. The predicted octanol–water partition coefficient (Wildman–Crippen LogP) is 0.794. The maximum atomic E-state index is 11.9. The van der Waals surface area contributed by atoms with Gasteiger partial charge < -0.3 is 14.5 Å². The van der Waals surface area contributed by atoms with Gasteiger partial charge in [-0.15, -0.1) is 0 Å². The first-order valence-electron chi connectivity index (χ1n) is 7.05. The van der Waals surface area contributed by atoms with E-state index in [1.54, 1.807) is 20.3 Å². The number of hydrogen-bond acceptors (Lipinski definition) is 5. The molecule has 1 amide bonds.